The van der Waals surface area contributed by atoms with Crippen LogP contribution in [0.1, 0.15) is 38.3 Å². The number of thiol groups is 1. The highest BCUT2D eigenvalue weighted by Crippen LogP contribution is 2.29. The number of rotatable bonds is 9. The largest absolute Gasteiger partial charge is 0.461 e. The standard InChI is InChI=1S/C27H23NO6S/c29-23(33-16-18-8-3-1-4-9-18)14-20(27(32)34-17-19-10-5-2-6-11-19)15-28-25(30)21-12-7-13-22(35)24(21)26(28)31/h1-13,20,35H,14-17H2. The van der Waals surface area contributed by atoms with Gasteiger partial charge >= 0.3 is 11.9 Å². The van der Waals surface area contributed by atoms with Crippen molar-refractivity contribution in [2.45, 2.75) is 24.5 Å². The number of amides is 2. The molecule has 3 aromatic rings. The van der Waals surface area contributed by atoms with E-state index in [1.165, 1.54) is 6.07 Å². The topological polar surface area (TPSA) is 90.0 Å². The summed E-state index contributed by atoms with van der Waals surface area (Å²) < 4.78 is 10.7. The molecule has 0 saturated heterocycles. The molecule has 2 amide bonds. The van der Waals surface area contributed by atoms with E-state index in [-0.39, 0.29) is 37.3 Å². The molecule has 0 aromatic heterocycles. The number of hydrogen-bond donors (Lipinski definition) is 1. The molecule has 178 valence electrons. The molecule has 0 aliphatic carbocycles. The summed E-state index contributed by atoms with van der Waals surface area (Å²) in [7, 11) is 0. The first-order chi connectivity index (χ1) is 16.9. The summed E-state index contributed by atoms with van der Waals surface area (Å²) in [6.45, 7) is -0.271. The lowest BCUT2D eigenvalue weighted by molar-refractivity contribution is -0.157. The van der Waals surface area contributed by atoms with Crippen LogP contribution in [0.3, 0.4) is 0 Å². The van der Waals surface area contributed by atoms with Crippen molar-refractivity contribution in [3.63, 3.8) is 0 Å². The van der Waals surface area contributed by atoms with E-state index in [1.807, 2.05) is 48.5 Å². The number of nitrogens with zero attached hydrogens (tertiary/aromatic N) is 1. The van der Waals surface area contributed by atoms with E-state index in [4.69, 9.17) is 9.47 Å². The van der Waals surface area contributed by atoms with Gasteiger partial charge in [-0.05, 0) is 23.3 Å². The molecule has 7 nitrogen and oxygen atoms in total. The minimum atomic E-state index is -1.09. The fraction of sp³-hybridized carbons (Fsp3) is 0.185. The average molecular weight is 490 g/mol. The molecule has 3 aromatic carbocycles. The maximum atomic E-state index is 13.0. The monoisotopic (exact) mass is 489 g/mol. The van der Waals surface area contributed by atoms with Crippen LogP contribution < -0.4 is 0 Å². The van der Waals surface area contributed by atoms with Gasteiger partial charge in [0.05, 0.1) is 23.5 Å². The van der Waals surface area contributed by atoms with Gasteiger partial charge in [-0.2, -0.15) is 0 Å². The second-order valence-electron chi connectivity index (χ2n) is 8.06. The van der Waals surface area contributed by atoms with Crippen LogP contribution in [-0.2, 0) is 32.3 Å². The molecule has 1 heterocycles. The lowest BCUT2D eigenvalue weighted by atomic mass is 10.0. The van der Waals surface area contributed by atoms with Crippen molar-refractivity contribution in [3.05, 3.63) is 101 Å². The quantitative estimate of drug-likeness (QED) is 0.277. The van der Waals surface area contributed by atoms with E-state index in [9.17, 15) is 19.2 Å². The highest BCUT2D eigenvalue weighted by molar-refractivity contribution is 7.80. The van der Waals surface area contributed by atoms with Crippen molar-refractivity contribution in [1.82, 2.24) is 4.90 Å². The highest BCUT2D eigenvalue weighted by atomic mass is 32.1. The minimum Gasteiger partial charge on any atom is -0.461 e. The number of benzene rings is 3. The number of carbonyl (C=O) groups excluding carboxylic acids is 4. The Balaban J connectivity index is 1.47. The van der Waals surface area contributed by atoms with Crippen LogP contribution in [0, 0.1) is 5.92 Å². The number of carbonyl (C=O) groups is 4. The first-order valence-electron chi connectivity index (χ1n) is 11.0. The predicted molar refractivity (Wildman–Crippen MR) is 130 cm³/mol. The average Bonchev–Trinajstić information content (AvgIpc) is 3.12. The fourth-order valence-electron chi connectivity index (χ4n) is 3.77. The lowest BCUT2D eigenvalue weighted by Gasteiger charge is -2.21. The highest BCUT2D eigenvalue weighted by Gasteiger charge is 2.40. The lowest BCUT2D eigenvalue weighted by Crippen LogP contribution is -2.39. The van der Waals surface area contributed by atoms with Crippen molar-refractivity contribution in [2.24, 2.45) is 5.92 Å². The zero-order valence-electron chi connectivity index (χ0n) is 18.8. The van der Waals surface area contributed by atoms with E-state index >= 15 is 0 Å². The van der Waals surface area contributed by atoms with Gasteiger partial charge in [-0.15, -0.1) is 12.6 Å². The van der Waals surface area contributed by atoms with E-state index < -0.39 is 29.7 Å². The van der Waals surface area contributed by atoms with E-state index in [1.54, 1.807) is 24.3 Å². The number of fused-ring (bicyclic) bond motifs is 1. The summed E-state index contributed by atoms with van der Waals surface area (Å²) >= 11 is 4.29. The molecule has 8 heteroatoms. The molecular weight excluding hydrogens is 466 g/mol. The third-order valence-corrected chi connectivity index (χ3v) is 5.97. The van der Waals surface area contributed by atoms with Gasteiger partial charge in [0.15, 0.2) is 0 Å². The molecule has 1 unspecified atom stereocenters. The Morgan fingerprint density at radius 3 is 1.97 bits per heavy atom. The van der Waals surface area contributed by atoms with Crippen molar-refractivity contribution in [2.75, 3.05) is 6.54 Å². The summed E-state index contributed by atoms with van der Waals surface area (Å²) in [5.74, 6) is -3.53. The van der Waals surface area contributed by atoms with Gasteiger partial charge in [0.2, 0.25) is 0 Å². The molecule has 1 aliphatic heterocycles. The molecule has 0 fully saturated rings. The van der Waals surface area contributed by atoms with Crippen LogP contribution in [0.5, 0.6) is 0 Å². The molecule has 0 saturated carbocycles. The summed E-state index contributed by atoms with van der Waals surface area (Å²) in [4.78, 5) is 52.7. The molecular formula is C27H23NO6S. The summed E-state index contributed by atoms with van der Waals surface area (Å²) in [5.41, 5.74) is 1.96. The third-order valence-electron chi connectivity index (χ3n) is 5.59. The minimum absolute atomic E-state index is 0.00184. The molecule has 0 N–H and O–H groups in total. The maximum Gasteiger partial charge on any atom is 0.311 e. The zero-order chi connectivity index (χ0) is 24.8. The molecule has 1 atom stereocenters. The third kappa shape index (κ3) is 5.78. The second kappa shape index (κ2) is 11.0. The van der Waals surface area contributed by atoms with Crippen molar-refractivity contribution in [1.29, 1.82) is 0 Å². The van der Waals surface area contributed by atoms with Crippen LogP contribution in [0.25, 0.3) is 0 Å². The Labute approximate surface area is 208 Å². The van der Waals surface area contributed by atoms with Crippen molar-refractivity contribution >= 4 is 36.4 Å². The number of imide groups is 1. The SMILES string of the molecule is O=C(CC(CN1C(=O)c2cccc(S)c2C1=O)C(=O)OCc1ccccc1)OCc1ccccc1. The predicted octanol–water partition coefficient (Wildman–Crippen LogP) is 4.06. The number of esters is 2. The van der Waals surface area contributed by atoms with Crippen molar-refractivity contribution in [3.8, 4) is 0 Å². The van der Waals surface area contributed by atoms with Crippen LogP contribution in [0.4, 0.5) is 0 Å². The van der Waals surface area contributed by atoms with E-state index in [0.717, 1.165) is 16.0 Å². The van der Waals surface area contributed by atoms with Gasteiger partial charge < -0.3 is 9.47 Å². The van der Waals surface area contributed by atoms with E-state index in [2.05, 4.69) is 12.6 Å². The molecule has 4 rings (SSSR count). The Morgan fingerprint density at radius 2 is 1.37 bits per heavy atom. The fourth-order valence-corrected chi connectivity index (χ4v) is 4.07. The van der Waals surface area contributed by atoms with Gasteiger partial charge in [-0.1, -0.05) is 66.7 Å². The summed E-state index contributed by atoms with van der Waals surface area (Å²) in [6, 6.07) is 23.0. The molecule has 0 bridgehead atoms. The van der Waals surface area contributed by atoms with Gasteiger partial charge in [-0.25, -0.2) is 0 Å². The molecule has 0 radical (unpaired) electrons. The van der Waals surface area contributed by atoms with Crippen molar-refractivity contribution < 1.29 is 28.7 Å². The smallest absolute Gasteiger partial charge is 0.311 e. The Hall–Kier alpha value is -3.91. The number of ether oxygens (including phenoxy) is 2. The van der Waals surface area contributed by atoms with Gasteiger partial charge in [0.1, 0.15) is 13.2 Å². The Morgan fingerprint density at radius 1 is 0.771 bits per heavy atom. The Kier molecular flexibility index (Phi) is 7.62. The normalized spacial score (nSPS) is 13.3. The summed E-state index contributed by atoms with van der Waals surface area (Å²) in [5, 5.41) is 0. The van der Waals surface area contributed by atoms with Crippen LogP contribution in [0.15, 0.2) is 83.8 Å². The second-order valence-corrected chi connectivity index (χ2v) is 8.54. The van der Waals surface area contributed by atoms with Gasteiger partial charge in [-0.3, -0.25) is 24.1 Å². The van der Waals surface area contributed by atoms with Crippen LogP contribution >= 0.6 is 12.6 Å². The van der Waals surface area contributed by atoms with Gasteiger partial charge in [0, 0.05) is 11.4 Å². The first-order valence-corrected chi connectivity index (χ1v) is 11.5. The number of hydrogen-bond acceptors (Lipinski definition) is 7. The first kappa shape index (κ1) is 24.2. The molecule has 1 aliphatic rings. The maximum absolute atomic E-state index is 13.0. The Bertz CT molecular complexity index is 1250. The van der Waals surface area contributed by atoms with Crippen LogP contribution in [0.2, 0.25) is 0 Å². The zero-order valence-corrected chi connectivity index (χ0v) is 19.6. The van der Waals surface area contributed by atoms with E-state index in [0.29, 0.717) is 4.90 Å². The van der Waals surface area contributed by atoms with Crippen LogP contribution in [-0.4, -0.2) is 35.2 Å². The van der Waals surface area contributed by atoms with Gasteiger partial charge in [0.25, 0.3) is 11.8 Å². The molecule has 0 spiro atoms. The summed E-state index contributed by atoms with van der Waals surface area (Å²) in [6.07, 6.45) is -0.346. The molecule has 35 heavy (non-hydrogen) atoms.